The van der Waals surface area contributed by atoms with Gasteiger partial charge in [-0.3, -0.25) is 29.1 Å². The predicted octanol–water partition coefficient (Wildman–Crippen LogP) is 2.80. The number of hydrogen-bond acceptors (Lipinski definition) is 9. The number of halogens is 1. The summed E-state index contributed by atoms with van der Waals surface area (Å²) in [5.74, 6) is 0.427. The monoisotopic (exact) mass is 646 g/mol. The zero-order valence-electron chi connectivity index (χ0n) is 23.1. The van der Waals surface area contributed by atoms with Crippen LogP contribution in [0, 0.1) is 9.54 Å². The fourth-order valence-corrected chi connectivity index (χ4v) is 4.71. The van der Waals surface area contributed by atoms with Gasteiger partial charge in [0, 0.05) is 28.3 Å². The lowest BCUT2D eigenvalue weighted by Gasteiger charge is -2.15. The van der Waals surface area contributed by atoms with Crippen LogP contribution in [0.5, 0.6) is 17.2 Å². The molecule has 2 amide bonds. The minimum atomic E-state index is -0.583. The van der Waals surface area contributed by atoms with Gasteiger partial charge in [0.15, 0.2) is 9.54 Å². The molecule has 226 valence electrons. The molecule has 0 aliphatic carbocycles. The molecular formula is C27H27ClN6O7S2. The van der Waals surface area contributed by atoms with Crippen LogP contribution in [0.4, 0.5) is 0 Å². The lowest BCUT2D eigenvalue weighted by Crippen LogP contribution is -2.23. The number of nitrogens with two attached hydrogens (primary N) is 2. The standard InChI is InChI=1S/C14H15N3O4S.C13H12ClN3O3S/c1-20-8-3-4-11(21-2)9(5-8)10-6-13(19)16-14(22)17(10)7-12(15)18;1-20-10-3-2-7(14)4-8(10)9-5-12(19)16-13(21)17(9)6-11(15)18/h3-6H,7H2,1-2H3,(H2,15,18)(H,16,19,22);2-5H,6H2,1H3,(H2,15,18)(H,16,19,21). The number of primary amides is 2. The SMILES string of the molecule is COc1ccc(Cl)cc1-c1cc(=O)[nH]c(=S)n1CC(N)=O.COc1ccc(OC)c(-c2cc(=O)[nH]c(=S)n2CC(N)=O)c1. The van der Waals surface area contributed by atoms with Gasteiger partial charge in [-0.15, -0.1) is 0 Å². The molecule has 2 heterocycles. The number of methoxy groups -OCH3 is 3. The Labute approximate surface area is 259 Å². The predicted molar refractivity (Wildman–Crippen MR) is 166 cm³/mol. The molecule has 0 radical (unpaired) electrons. The number of aromatic nitrogens is 4. The van der Waals surface area contributed by atoms with Crippen LogP contribution in [0.15, 0.2) is 58.1 Å². The first-order valence-electron chi connectivity index (χ1n) is 12.2. The maximum absolute atomic E-state index is 11.8. The van der Waals surface area contributed by atoms with Crippen LogP contribution >= 0.6 is 36.0 Å². The first kappa shape index (κ1) is 32.8. The number of ether oxygens (including phenoxy) is 3. The Hall–Kier alpha value is -4.73. The number of amides is 2. The Bertz CT molecular complexity index is 1920. The summed E-state index contributed by atoms with van der Waals surface area (Å²) in [4.78, 5) is 50.8. The Morgan fingerprint density at radius 3 is 1.60 bits per heavy atom. The molecule has 0 bridgehead atoms. The third kappa shape index (κ3) is 8.18. The zero-order chi connectivity index (χ0) is 31.8. The highest BCUT2D eigenvalue weighted by molar-refractivity contribution is 7.71. The van der Waals surface area contributed by atoms with E-state index in [1.807, 2.05) is 0 Å². The number of aromatic amines is 2. The van der Waals surface area contributed by atoms with Gasteiger partial charge in [-0.25, -0.2) is 0 Å². The molecule has 0 saturated carbocycles. The molecule has 0 aliphatic rings. The minimum absolute atomic E-state index is 0.0957. The lowest BCUT2D eigenvalue weighted by molar-refractivity contribution is -0.119. The molecule has 0 spiro atoms. The van der Waals surface area contributed by atoms with Gasteiger partial charge >= 0.3 is 0 Å². The third-order valence-corrected chi connectivity index (χ3v) is 6.70. The van der Waals surface area contributed by atoms with Crippen molar-refractivity contribution >= 4 is 47.9 Å². The number of benzene rings is 2. The fraction of sp³-hybridized carbons (Fsp3) is 0.185. The van der Waals surface area contributed by atoms with E-state index in [9.17, 15) is 19.2 Å². The summed E-state index contributed by atoms with van der Waals surface area (Å²) in [5.41, 5.74) is 11.6. The molecule has 4 rings (SSSR count). The highest BCUT2D eigenvalue weighted by Crippen LogP contribution is 2.33. The summed E-state index contributed by atoms with van der Waals surface area (Å²) in [6.07, 6.45) is 0. The van der Waals surface area contributed by atoms with E-state index in [4.69, 9.17) is 61.7 Å². The fourth-order valence-electron chi connectivity index (χ4n) is 4.01. The van der Waals surface area contributed by atoms with E-state index in [2.05, 4.69) is 9.97 Å². The first-order valence-corrected chi connectivity index (χ1v) is 13.4. The molecule has 0 fully saturated rings. The molecule has 16 heteroatoms. The average molecular weight is 647 g/mol. The number of nitrogens with zero attached hydrogens (tertiary/aromatic N) is 2. The largest absolute Gasteiger partial charge is 0.497 e. The van der Waals surface area contributed by atoms with Crippen molar-refractivity contribution in [2.75, 3.05) is 21.3 Å². The maximum Gasteiger partial charge on any atom is 0.252 e. The molecule has 0 atom stereocenters. The van der Waals surface area contributed by atoms with Crippen LogP contribution in [-0.2, 0) is 22.7 Å². The summed E-state index contributed by atoms with van der Waals surface area (Å²) >= 11 is 16.2. The Kier molecular flexibility index (Phi) is 11.0. The van der Waals surface area contributed by atoms with Crippen molar-refractivity contribution in [2.45, 2.75) is 13.1 Å². The van der Waals surface area contributed by atoms with Gasteiger partial charge in [-0.05, 0) is 60.8 Å². The molecule has 4 aromatic rings. The van der Waals surface area contributed by atoms with Crippen LogP contribution in [0.3, 0.4) is 0 Å². The van der Waals surface area contributed by atoms with E-state index in [1.54, 1.807) is 36.4 Å². The highest BCUT2D eigenvalue weighted by Gasteiger charge is 2.15. The van der Waals surface area contributed by atoms with Gasteiger partial charge in [0.1, 0.15) is 30.3 Å². The van der Waals surface area contributed by atoms with Crippen molar-refractivity contribution < 1.29 is 23.8 Å². The quantitative estimate of drug-likeness (QED) is 0.198. The molecule has 0 unspecified atom stereocenters. The van der Waals surface area contributed by atoms with Crippen molar-refractivity contribution in [3.8, 4) is 39.8 Å². The molecular weight excluding hydrogens is 620 g/mol. The topological polar surface area (TPSA) is 189 Å². The second kappa shape index (κ2) is 14.4. The summed E-state index contributed by atoms with van der Waals surface area (Å²) in [7, 11) is 4.53. The van der Waals surface area contributed by atoms with Gasteiger partial charge in [0.25, 0.3) is 11.1 Å². The van der Waals surface area contributed by atoms with Crippen molar-refractivity contribution in [3.05, 3.63) is 83.8 Å². The van der Waals surface area contributed by atoms with E-state index >= 15 is 0 Å². The van der Waals surface area contributed by atoms with Crippen molar-refractivity contribution in [3.63, 3.8) is 0 Å². The van der Waals surface area contributed by atoms with E-state index in [0.29, 0.717) is 44.8 Å². The Balaban J connectivity index is 0.000000236. The number of hydrogen-bond donors (Lipinski definition) is 4. The van der Waals surface area contributed by atoms with Gasteiger partial charge in [0.05, 0.1) is 32.7 Å². The second-order valence-corrected chi connectivity index (χ2v) is 9.87. The molecule has 6 N–H and O–H groups in total. The molecule has 13 nitrogen and oxygen atoms in total. The van der Waals surface area contributed by atoms with Gasteiger partial charge < -0.3 is 34.8 Å². The Morgan fingerprint density at radius 1 is 0.744 bits per heavy atom. The summed E-state index contributed by atoms with van der Waals surface area (Å²) < 4.78 is 18.8. The van der Waals surface area contributed by atoms with Crippen LogP contribution in [0.25, 0.3) is 22.5 Å². The highest BCUT2D eigenvalue weighted by atomic mass is 35.5. The van der Waals surface area contributed by atoms with Gasteiger partial charge in [0.2, 0.25) is 11.8 Å². The van der Waals surface area contributed by atoms with E-state index < -0.39 is 17.4 Å². The summed E-state index contributed by atoms with van der Waals surface area (Å²) in [6.45, 7) is -0.327. The van der Waals surface area contributed by atoms with E-state index in [-0.39, 0.29) is 28.2 Å². The van der Waals surface area contributed by atoms with Crippen LogP contribution < -0.4 is 36.8 Å². The molecule has 0 saturated heterocycles. The van der Waals surface area contributed by atoms with Gasteiger partial charge in [-0.2, -0.15) is 0 Å². The van der Waals surface area contributed by atoms with Crippen molar-refractivity contribution in [1.29, 1.82) is 0 Å². The molecule has 0 aliphatic heterocycles. The number of rotatable bonds is 9. The Morgan fingerprint density at radius 2 is 1.19 bits per heavy atom. The van der Waals surface area contributed by atoms with Gasteiger partial charge in [-0.1, -0.05) is 11.6 Å². The van der Waals surface area contributed by atoms with Crippen LogP contribution in [0.2, 0.25) is 5.02 Å². The first-order chi connectivity index (χ1) is 20.4. The van der Waals surface area contributed by atoms with Crippen molar-refractivity contribution in [1.82, 2.24) is 19.1 Å². The average Bonchev–Trinajstić information content (AvgIpc) is 2.95. The number of H-pyrrole nitrogens is 2. The van der Waals surface area contributed by atoms with Crippen LogP contribution in [0.1, 0.15) is 0 Å². The molecule has 2 aromatic heterocycles. The molecule has 2 aromatic carbocycles. The third-order valence-electron chi connectivity index (χ3n) is 5.82. The van der Waals surface area contributed by atoms with Crippen LogP contribution in [-0.4, -0.2) is 52.2 Å². The molecule has 43 heavy (non-hydrogen) atoms. The second-order valence-electron chi connectivity index (χ2n) is 8.66. The number of carbonyl (C=O) groups is 2. The van der Waals surface area contributed by atoms with Crippen molar-refractivity contribution in [2.24, 2.45) is 11.5 Å². The maximum atomic E-state index is 11.8. The summed E-state index contributed by atoms with van der Waals surface area (Å²) in [5, 5.41) is 0.461. The smallest absolute Gasteiger partial charge is 0.252 e. The minimum Gasteiger partial charge on any atom is -0.497 e. The zero-order valence-corrected chi connectivity index (χ0v) is 25.5. The van der Waals surface area contributed by atoms with E-state index in [0.717, 1.165) is 0 Å². The number of nitrogens with one attached hydrogen (secondary N) is 2. The normalized spacial score (nSPS) is 10.3. The number of carbonyl (C=O) groups excluding carboxylic acids is 2. The van der Waals surface area contributed by atoms with E-state index in [1.165, 1.54) is 42.6 Å². The lowest BCUT2D eigenvalue weighted by atomic mass is 10.1. The summed E-state index contributed by atoms with van der Waals surface area (Å²) in [6, 6.07) is 12.7.